The highest BCUT2D eigenvalue weighted by Crippen LogP contribution is 2.35. The zero-order chi connectivity index (χ0) is 12.7. The van der Waals surface area contributed by atoms with Crippen molar-refractivity contribution < 1.29 is 14.3 Å². The van der Waals surface area contributed by atoms with Crippen molar-refractivity contribution in [3.05, 3.63) is 35.0 Å². The van der Waals surface area contributed by atoms with Crippen LogP contribution in [-0.4, -0.2) is 17.8 Å². The van der Waals surface area contributed by atoms with Gasteiger partial charge in [0.1, 0.15) is 11.9 Å². The second-order valence-electron chi connectivity index (χ2n) is 4.89. The molecule has 3 nitrogen and oxygen atoms in total. The Morgan fingerprint density at radius 3 is 2.94 bits per heavy atom. The van der Waals surface area contributed by atoms with Crippen molar-refractivity contribution in [3.63, 3.8) is 0 Å². The molecule has 3 unspecified atom stereocenters. The lowest BCUT2D eigenvalue weighted by molar-refractivity contribution is 0.0681. The van der Waals surface area contributed by atoms with Crippen LogP contribution in [0.15, 0.2) is 28.7 Å². The molecule has 1 saturated heterocycles. The van der Waals surface area contributed by atoms with E-state index in [1.165, 1.54) is 0 Å². The number of fused-ring (bicyclic) bond motifs is 1. The van der Waals surface area contributed by atoms with Gasteiger partial charge in [0.25, 0.3) is 0 Å². The van der Waals surface area contributed by atoms with Gasteiger partial charge in [-0.3, -0.25) is 0 Å². The van der Waals surface area contributed by atoms with Gasteiger partial charge in [0.15, 0.2) is 5.58 Å². The summed E-state index contributed by atoms with van der Waals surface area (Å²) in [5.74, 6) is 0.667. The summed E-state index contributed by atoms with van der Waals surface area (Å²) in [6.07, 6.45) is 0.433. The summed E-state index contributed by atoms with van der Waals surface area (Å²) in [5.41, 5.74) is 0.639. The average Bonchev–Trinajstić information content (AvgIpc) is 2.95. The summed E-state index contributed by atoms with van der Waals surface area (Å²) in [6.45, 7) is 2.59. The SMILES string of the molecule is CC1CC(C(O)c2cc3cccc(Cl)c3o2)CO1. The number of rotatable bonds is 2. The summed E-state index contributed by atoms with van der Waals surface area (Å²) in [6, 6.07) is 7.44. The van der Waals surface area contributed by atoms with Crippen molar-refractivity contribution in [2.24, 2.45) is 5.92 Å². The quantitative estimate of drug-likeness (QED) is 0.904. The Bertz CT molecular complexity index is 563. The molecule has 0 amide bonds. The zero-order valence-corrected chi connectivity index (χ0v) is 10.9. The number of hydrogen-bond donors (Lipinski definition) is 1. The highest BCUT2D eigenvalue weighted by molar-refractivity contribution is 6.34. The van der Waals surface area contributed by atoms with Crippen LogP contribution in [0.5, 0.6) is 0 Å². The van der Waals surface area contributed by atoms with E-state index in [0.29, 0.717) is 23.0 Å². The van der Waals surface area contributed by atoms with Crippen molar-refractivity contribution in [1.29, 1.82) is 0 Å². The first-order valence-corrected chi connectivity index (χ1v) is 6.50. The molecule has 0 radical (unpaired) electrons. The zero-order valence-electron chi connectivity index (χ0n) is 10.1. The Morgan fingerprint density at radius 2 is 2.28 bits per heavy atom. The maximum atomic E-state index is 10.3. The second kappa shape index (κ2) is 4.57. The first kappa shape index (κ1) is 12.0. The standard InChI is InChI=1S/C14H15ClO3/c1-8-5-10(7-17-8)13(16)12-6-9-3-2-4-11(15)14(9)18-12/h2-4,6,8,10,13,16H,5,7H2,1H3. The fraction of sp³-hybridized carbons (Fsp3) is 0.429. The fourth-order valence-electron chi connectivity index (χ4n) is 2.50. The summed E-state index contributed by atoms with van der Waals surface area (Å²) < 4.78 is 11.1. The van der Waals surface area contributed by atoms with Gasteiger partial charge in [0.05, 0.1) is 17.7 Å². The molecule has 4 heteroatoms. The Kier molecular flexibility index (Phi) is 3.06. The van der Waals surface area contributed by atoms with Gasteiger partial charge in [-0.25, -0.2) is 0 Å². The molecule has 0 saturated carbocycles. The van der Waals surface area contributed by atoms with Gasteiger partial charge in [0, 0.05) is 11.3 Å². The minimum atomic E-state index is -0.626. The van der Waals surface area contributed by atoms with Crippen LogP contribution in [0.3, 0.4) is 0 Å². The Morgan fingerprint density at radius 1 is 1.44 bits per heavy atom. The molecule has 2 heterocycles. The van der Waals surface area contributed by atoms with E-state index in [1.807, 2.05) is 25.1 Å². The van der Waals surface area contributed by atoms with E-state index in [-0.39, 0.29) is 12.0 Å². The number of halogens is 1. The highest BCUT2D eigenvalue weighted by Gasteiger charge is 2.31. The molecule has 0 spiro atoms. The van der Waals surface area contributed by atoms with Crippen LogP contribution in [0.25, 0.3) is 11.0 Å². The molecule has 0 bridgehead atoms. The molecule has 1 aromatic carbocycles. The lowest BCUT2D eigenvalue weighted by atomic mass is 9.97. The number of ether oxygens (including phenoxy) is 1. The van der Waals surface area contributed by atoms with Gasteiger partial charge in [-0.2, -0.15) is 0 Å². The molecular formula is C14H15ClO3. The molecule has 1 fully saturated rings. The molecule has 3 rings (SSSR count). The lowest BCUT2D eigenvalue weighted by Crippen LogP contribution is -2.11. The van der Waals surface area contributed by atoms with Crippen LogP contribution < -0.4 is 0 Å². The number of aliphatic hydroxyl groups is 1. The van der Waals surface area contributed by atoms with E-state index in [1.54, 1.807) is 6.07 Å². The van der Waals surface area contributed by atoms with Crippen molar-refractivity contribution in [3.8, 4) is 0 Å². The van der Waals surface area contributed by atoms with Crippen LogP contribution in [0.4, 0.5) is 0 Å². The summed E-state index contributed by atoms with van der Waals surface area (Å²) in [7, 11) is 0. The lowest BCUT2D eigenvalue weighted by Gasteiger charge is -2.13. The van der Waals surface area contributed by atoms with E-state index in [4.69, 9.17) is 20.8 Å². The molecule has 2 aromatic rings. The molecule has 18 heavy (non-hydrogen) atoms. The predicted molar refractivity (Wildman–Crippen MR) is 69.7 cm³/mol. The van der Waals surface area contributed by atoms with Crippen LogP contribution in [-0.2, 0) is 4.74 Å². The van der Waals surface area contributed by atoms with Crippen LogP contribution in [0.1, 0.15) is 25.2 Å². The van der Waals surface area contributed by atoms with Crippen molar-refractivity contribution >= 4 is 22.6 Å². The fourth-order valence-corrected chi connectivity index (χ4v) is 2.72. The summed E-state index contributed by atoms with van der Waals surface area (Å²) in [5, 5.41) is 11.8. The van der Waals surface area contributed by atoms with Crippen molar-refractivity contribution in [2.75, 3.05) is 6.61 Å². The molecule has 1 N–H and O–H groups in total. The van der Waals surface area contributed by atoms with Crippen LogP contribution in [0, 0.1) is 5.92 Å². The van der Waals surface area contributed by atoms with E-state index in [0.717, 1.165) is 11.8 Å². The van der Waals surface area contributed by atoms with Gasteiger partial charge < -0.3 is 14.3 Å². The molecule has 96 valence electrons. The van der Waals surface area contributed by atoms with E-state index < -0.39 is 6.10 Å². The Hall–Kier alpha value is -1.03. The smallest absolute Gasteiger partial charge is 0.152 e. The average molecular weight is 267 g/mol. The number of para-hydroxylation sites is 1. The van der Waals surface area contributed by atoms with Gasteiger partial charge >= 0.3 is 0 Å². The second-order valence-corrected chi connectivity index (χ2v) is 5.30. The van der Waals surface area contributed by atoms with Gasteiger partial charge in [-0.15, -0.1) is 0 Å². The first-order chi connectivity index (χ1) is 8.65. The normalized spacial score (nSPS) is 25.7. The predicted octanol–water partition coefficient (Wildman–Crippen LogP) is 3.54. The maximum Gasteiger partial charge on any atom is 0.152 e. The van der Waals surface area contributed by atoms with E-state index >= 15 is 0 Å². The monoisotopic (exact) mass is 266 g/mol. The molecule has 0 aliphatic carbocycles. The van der Waals surface area contributed by atoms with Gasteiger partial charge in [0.2, 0.25) is 0 Å². The van der Waals surface area contributed by atoms with E-state index in [9.17, 15) is 5.11 Å². The minimum absolute atomic E-state index is 0.0966. The van der Waals surface area contributed by atoms with Crippen molar-refractivity contribution in [1.82, 2.24) is 0 Å². The van der Waals surface area contributed by atoms with Gasteiger partial charge in [-0.05, 0) is 25.5 Å². The third-order valence-corrected chi connectivity index (χ3v) is 3.78. The Balaban J connectivity index is 1.92. The minimum Gasteiger partial charge on any atom is -0.457 e. The van der Waals surface area contributed by atoms with E-state index in [2.05, 4.69) is 0 Å². The van der Waals surface area contributed by atoms with Crippen LogP contribution >= 0.6 is 11.6 Å². The topological polar surface area (TPSA) is 42.6 Å². The summed E-state index contributed by atoms with van der Waals surface area (Å²) >= 11 is 6.06. The molecule has 1 aliphatic rings. The van der Waals surface area contributed by atoms with Gasteiger partial charge in [-0.1, -0.05) is 23.7 Å². The molecule has 3 atom stereocenters. The van der Waals surface area contributed by atoms with Crippen molar-refractivity contribution in [2.45, 2.75) is 25.6 Å². The Labute approximate surface area is 110 Å². The summed E-state index contributed by atoms with van der Waals surface area (Å²) in [4.78, 5) is 0. The molecule has 1 aliphatic heterocycles. The maximum absolute atomic E-state index is 10.3. The third-order valence-electron chi connectivity index (χ3n) is 3.48. The first-order valence-electron chi connectivity index (χ1n) is 6.13. The molecule has 1 aromatic heterocycles. The number of aliphatic hydroxyl groups excluding tert-OH is 1. The number of hydrogen-bond acceptors (Lipinski definition) is 3. The number of benzene rings is 1. The van der Waals surface area contributed by atoms with Crippen LogP contribution in [0.2, 0.25) is 5.02 Å². The third kappa shape index (κ3) is 2.03. The number of furan rings is 1. The largest absolute Gasteiger partial charge is 0.457 e. The molecular weight excluding hydrogens is 252 g/mol. The highest BCUT2D eigenvalue weighted by atomic mass is 35.5.